The van der Waals surface area contributed by atoms with Crippen molar-refractivity contribution in [2.75, 3.05) is 21.3 Å². The number of rotatable bonds is 10. The second-order valence-electron chi connectivity index (χ2n) is 20.9. The van der Waals surface area contributed by atoms with Crippen LogP contribution in [0, 0.1) is 29.6 Å². The van der Waals surface area contributed by atoms with Crippen LogP contribution in [-0.4, -0.2) is 143 Å². The number of esters is 1. The number of hydrogen-bond donors (Lipinski definition) is 4. The third-order valence-electron chi connectivity index (χ3n) is 15.3. The maximum Gasteiger partial charge on any atom is 0.311 e. The van der Waals surface area contributed by atoms with Crippen molar-refractivity contribution < 1.29 is 63.2 Å². The Morgan fingerprint density at radius 1 is 0.841 bits per heavy atom. The molecule has 3 saturated heterocycles. The minimum atomic E-state index is -2.01. The molecular weight excluding hydrogens is 811 g/mol. The van der Waals surface area contributed by atoms with Gasteiger partial charge >= 0.3 is 5.97 Å². The van der Waals surface area contributed by atoms with Gasteiger partial charge in [0.25, 0.3) is 0 Å². The molecule has 63 heavy (non-hydrogen) atoms. The summed E-state index contributed by atoms with van der Waals surface area (Å²) >= 11 is 0. The van der Waals surface area contributed by atoms with Crippen LogP contribution in [0.1, 0.15) is 127 Å². The Labute approximate surface area is 377 Å². The number of Topliss-reactive ketones (excluding diaryl/α,β-unsaturated/α-hetero) is 1. The predicted octanol–water partition coefficient (Wildman–Crippen LogP) is 5.55. The van der Waals surface area contributed by atoms with E-state index in [1.807, 2.05) is 34.7 Å². The van der Waals surface area contributed by atoms with Crippen LogP contribution in [0.4, 0.5) is 0 Å². The van der Waals surface area contributed by atoms with Crippen LogP contribution in [0.5, 0.6) is 0 Å². The normalized spacial score (nSPS) is 44.0. The van der Waals surface area contributed by atoms with E-state index in [1.165, 1.54) is 26.7 Å². The molecule has 4 rings (SSSR count). The standard InChI is InChI=1S/C49H83NO13/c1-18-36-48(13,56)42(53)27(3)38(51)30(6)49(14,58-17)31(7)41(28(4)40(29(5)44(55)61-36)62-37-24-47(12,57-16)43(54)32(8)60-37)63-45-39(52)35(23-26(2)59-45)50(15)25-33-19-21-34(22-20-33)46(9,10)11/h19-22,26-32,35-37,39-43,45,52-54,56H,18,23-25H2,1-17H3/t26-,27+,28+,29-,30+,31-,32+,35+,36?,37?,39-,40-,41-,42-,43+,45?,47-,48-,49+/m1/s1. The van der Waals surface area contributed by atoms with E-state index < -0.39 is 108 Å². The van der Waals surface area contributed by atoms with Crippen molar-refractivity contribution >= 4 is 11.8 Å². The molecule has 3 heterocycles. The number of cyclic esters (lactones) is 1. The molecule has 3 fully saturated rings. The highest BCUT2D eigenvalue weighted by Crippen LogP contribution is 2.43. The van der Waals surface area contributed by atoms with Gasteiger partial charge in [0.05, 0.1) is 47.6 Å². The second-order valence-corrected chi connectivity index (χ2v) is 20.9. The Balaban J connectivity index is 1.83. The van der Waals surface area contributed by atoms with Gasteiger partial charge in [0, 0.05) is 56.9 Å². The summed E-state index contributed by atoms with van der Waals surface area (Å²) in [6, 6.07) is 8.16. The van der Waals surface area contributed by atoms with E-state index in [2.05, 4.69) is 49.9 Å². The number of methoxy groups -OCH3 is 2. The van der Waals surface area contributed by atoms with Crippen molar-refractivity contribution in [3.8, 4) is 0 Å². The molecule has 4 N–H and O–H groups in total. The Morgan fingerprint density at radius 2 is 1.44 bits per heavy atom. The Bertz CT molecular complexity index is 1650. The van der Waals surface area contributed by atoms with Crippen LogP contribution in [0.15, 0.2) is 24.3 Å². The molecule has 1 aromatic carbocycles. The van der Waals surface area contributed by atoms with Gasteiger partial charge < -0.3 is 53.6 Å². The molecule has 0 spiro atoms. The van der Waals surface area contributed by atoms with E-state index in [4.69, 9.17) is 33.2 Å². The number of benzene rings is 1. The summed E-state index contributed by atoms with van der Waals surface area (Å²) in [6.07, 6.45) is -9.14. The minimum absolute atomic E-state index is 0.0148. The number of ketones is 1. The zero-order chi connectivity index (χ0) is 47.7. The van der Waals surface area contributed by atoms with E-state index in [0.717, 1.165) is 5.56 Å². The lowest BCUT2D eigenvalue weighted by Crippen LogP contribution is -2.61. The van der Waals surface area contributed by atoms with Crippen LogP contribution >= 0.6 is 0 Å². The topological polar surface area (TPSA) is 183 Å². The highest BCUT2D eigenvalue weighted by atomic mass is 16.7. The van der Waals surface area contributed by atoms with Crippen LogP contribution in [0.2, 0.25) is 0 Å². The molecule has 19 atom stereocenters. The number of aliphatic hydroxyl groups is 4. The van der Waals surface area contributed by atoms with E-state index in [0.29, 0.717) is 13.0 Å². The highest BCUT2D eigenvalue weighted by Gasteiger charge is 2.55. The summed E-state index contributed by atoms with van der Waals surface area (Å²) in [5, 5.41) is 46.8. The molecule has 0 aromatic heterocycles. The molecule has 0 bridgehead atoms. The van der Waals surface area contributed by atoms with Gasteiger partial charge in [-0.3, -0.25) is 14.5 Å². The first-order chi connectivity index (χ1) is 29.1. The lowest BCUT2D eigenvalue weighted by Gasteiger charge is -2.50. The summed E-state index contributed by atoms with van der Waals surface area (Å²) in [5.41, 5.74) is -1.98. The molecule has 1 aromatic rings. The summed E-state index contributed by atoms with van der Waals surface area (Å²) in [7, 11) is 5.01. The number of aliphatic hydroxyl groups excluding tert-OH is 3. The second kappa shape index (κ2) is 20.8. The van der Waals surface area contributed by atoms with Gasteiger partial charge in [-0.25, -0.2) is 0 Å². The highest BCUT2D eigenvalue weighted by molar-refractivity contribution is 5.84. The molecule has 362 valence electrons. The zero-order valence-corrected chi connectivity index (χ0v) is 41.3. The predicted molar refractivity (Wildman–Crippen MR) is 239 cm³/mol. The van der Waals surface area contributed by atoms with E-state index in [-0.39, 0.29) is 36.2 Å². The molecule has 0 radical (unpaired) electrons. The zero-order valence-electron chi connectivity index (χ0n) is 41.3. The molecule has 0 amide bonds. The quantitative estimate of drug-likeness (QED) is 0.215. The van der Waals surface area contributed by atoms with Gasteiger partial charge in [0.1, 0.15) is 29.7 Å². The molecule has 3 unspecified atom stereocenters. The van der Waals surface area contributed by atoms with Gasteiger partial charge in [-0.05, 0) is 78.0 Å². The SMILES string of the molecule is CCC1OC(=O)[C@H](C)[C@H](OC2C[C@@](C)(OC)[C@@H](O)[C@H](C)O2)[C@H](C)[C@@H](OC2O[C@H](C)C[C@H](N(C)Cc3ccc(C(C)(C)C)cc3)[C@H]2O)[C@@H](C)[C@@](C)(OC)[C@@H](C)C(=O)[C@H](C)[C@@H](O)[C@]1(C)O. The number of carbonyl (C=O) groups excluding carboxylic acids is 2. The number of ether oxygens (including phenoxy) is 7. The molecule has 0 aliphatic carbocycles. The fourth-order valence-corrected chi connectivity index (χ4v) is 10.2. The van der Waals surface area contributed by atoms with Gasteiger partial charge in [-0.2, -0.15) is 0 Å². The third kappa shape index (κ3) is 11.4. The summed E-state index contributed by atoms with van der Waals surface area (Å²) < 4.78 is 44.8. The van der Waals surface area contributed by atoms with Crippen molar-refractivity contribution in [2.45, 2.75) is 212 Å². The van der Waals surface area contributed by atoms with E-state index >= 15 is 0 Å². The van der Waals surface area contributed by atoms with Crippen molar-refractivity contribution in [3.63, 3.8) is 0 Å². The maximum atomic E-state index is 14.5. The smallest absolute Gasteiger partial charge is 0.311 e. The number of likely N-dealkylation sites (N-methyl/N-ethyl adjacent to an activating group) is 1. The molecule has 14 heteroatoms. The lowest BCUT2D eigenvalue weighted by molar-refractivity contribution is -0.313. The van der Waals surface area contributed by atoms with E-state index in [9.17, 15) is 30.0 Å². The fraction of sp³-hybridized carbons (Fsp3) is 0.837. The molecule has 3 aliphatic rings. The first kappa shape index (κ1) is 53.5. The minimum Gasteiger partial charge on any atom is -0.459 e. The molecular formula is C49H83NO13. The number of hydrogen-bond acceptors (Lipinski definition) is 14. The Morgan fingerprint density at radius 3 is 1.98 bits per heavy atom. The lowest BCUT2D eigenvalue weighted by atomic mass is 9.68. The molecule has 3 aliphatic heterocycles. The summed E-state index contributed by atoms with van der Waals surface area (Å²) in [4.78, 5) is 31.0. The number of carbonyl (C=O) groups is 2. The van der Waals surface area contributed by atoms with Gasteiger partial charge in [0.15, 0.2) is 12.6 Å². The van der Waals surface area contributed by atoms with E-state index in [1.54, 1.807) is 41.5 Å². The van der Waals surface area contributed by atoms with Crippen LogP contribution < -0.4 is 0 Å². The monoisotopic (exact) mass is 894 g/mol. The van der Waals surface area contributed by atoms with Crippen molar-refractivity contribution in [1.82, 2.24) is 4.90 Å². The van der Waals surface area contributed by atoms with Gasteiger partial charge in [-0.1, -0.05) is 79.7 Å². The summed E-state index contributed by atoms with van der Waals surface area (Å²) in [5.74, 6) is -5.42. The largest absolute Gasteiger partial charge is 0.459 e. The Kier molecular flexibility index (Phi) is 17.7. The Hall–Kier alpha value is -2.08. The molecule has 14 nitrogen and oxygen atoms in total. The van der Waals surface area contributed by atoms with Crippen molar-refractivity contribution in [1.29, 1.82) is 0 Å². The fourth-order valence-electron chi connectivity index (χ4n) is 10.2. The average Bonchev–Trinajstić information content (AvgIpc) is 3.23. The summed E-state index contributed by atoms with van der Waals surface area (Å²) in [6.45, 7) is 26.2. The number of nitrogens with zero attached hydrogens (tertiary/aromatic N) is 1. The van der Waals surface area contributed by atoms with Crippen molar-refractivity contribution in [3.05, 3.63) is 35.4 Å². The maximum absolute atomic E-state index is 14.5. The average molecular weight is 894 g/mol. The van der Waals surface area contributed by atoms with Crippen LogP contribution in [0.25, 0.3) is 0 Å². The van der Waals surface area contributed by atoms with Crippen LogP contribution in [0.3, 0.4) is 0 Å². The third-order valence-corrected chi connectivity index (χ3v) is 15.3. The molecule has 0 saturated carbocycles. The first-order valence-electron chi connectivity index (χ1n) is 23.1. The van der Waals surface area contributed by atoms with Gasteiger partial charge in [-0.15, -0.1) is 0 Å². The van der Waals surface area contributed by atoms with Gasteiger partial charge in [0.2, 0.25) is 0 Å². The van der Waals surface area contributed by atoms with Crippen molar-refractivity contribution in [2.24, 2.45) is 29.6 Å². The van der Waals surface area contributed by atoms with Crippen LogP contribution in [-0.2, 0) is 54.7 Å². The first-order valence-corrected chi connectivity index (χ1v) is 23.1.